The third kappa shape index (κ3) is 6.39. The van der Waals surface area contributed by atoms with Gasteiger partial charge in [0.25, 0.3) is 0 Å². The second-order valence-electron chi connectivity index (χ2n) is 7.90. The van der Waals surface area contributed by atoms with E-state index >= 15 is 0 Å². The van der Waals surface area contributed by atoms with E-state index in [1.54, 1.807) is 24.3 Å². The molecule has 4 rings (SSSR count). The number of halogens is 1. The van der Waals surface area contributed by atoms with Crippen LogP contribution in [0.2, 0.25) is 0 Å². The van der Waals surface area contributed by atoms with Crippen LogP contribution in [0.1, 0.15) is 29.1 Å². The van der Waals surface area contributed by atoms with Crippen LogP contribution in [0.3, 0.4) is 0 Å². The quantitative estimate of drug-likeness (QED) is 0.144. The summed E-state index contributed by atoms with van der Waals surface area (Å²) in [6.45, 7) is 4.34. The van der Waals surface area contributed by atoms with Crippen molar-refractivity contribution in [3.05, 3.63) is 106 Å². The van der Waals surface area contributed by atoms with Gasteiger partial charge in [-0.1, -0.05) is 36.0 Å². The maximum atomic E-state index is 13.1. The average molecular weight is 509 g/mol. The molecule has 10 heteroatoms. The Morgan fingerprint density at radius 3 is 2.25 bits per heavy atom. The fourth-order valence-corrected chi connectivity index (χ4v) is 4.75. The Kier molecular flexibility index (Phi) is 8.17. The summed E-state index contributed by atoms with van der Waals surface area (Å²) in [6, 6.07) is 20.8. The van der Waals surface area contributed by atoms with Crippen molar-refractivity contribution in [2.75, 3.05) is 13.2 Å². The van der Waals surface area contributed by atoms with Gasteiger partial charge < -0.3 is 9.47 Å². The van der Waals surface area contributed by atoms with Gasteiger partial charge in [-0.2, -0.15) is 0 Å². The lowest BCUT2D eigenvalue weighted by Crippen LogP contribution is -2.11. The van der Waals surface area contributed by atoms with E-state index in [1.807, 2.05) is 54.8 Å². The predicted octanol–water partition coefficient (Wildman–Crippen LogP) is 5.80. The third-order valence-electron chi connectivity index (χ3n) is 5.33. The van der Waals surface area contributed by atoms with Crippen LogP contribution in [0, 0.1) is 22.9 Å². The van der Waals surface area contributed by atoms with Gasteiger partial charge in [-0.15, -0.1) is 10.2 Å². The van der Waals surface area contributed by atoms with Gasteiger partial charge in [0.05, 0.1) is 6.61 Å². The van der Waals surface area contributed by atoms with Gasteiger partial charge >= 0.3 is 0 Å². The molecule has 8 nitrogen and oxygen atoms in total. The number of aryl methyl sites for hydroxylation is 1. The highest BCUT2D eigenvalue weighted by Crippen LogP contribution is 2.36. The molecule has 0 unspecified atom stereocenters. The minimum atomic E-state index is -0.490. The van der Waals surface area contributed by atoms with Crippen LogP contribution in [0.5, 0.6) is 11.5 Å². The molecular weight excluding hydrogens is 483 g/mol. The van der Waals surface area contributed by atoms with E-state index in [0.717, 1.165) is 22.6 Å². The van der Waals surface area contributed by atoms with E-state index in [4.69, 9.17) is 9.47 Å². The van der Waals surface area contributed by atoms with Crippen LogP contribution in [-0.2, 0) is 6.61 Å². The number of nitrogens with zero attached hydrogens (tertiary/aromatic N) is 4. The van der Waals surface area contributed by atoms with Crippen molar-refractivity contribution in [1.29, 1.82) is 0 Å². The SMILES string of the molecule is CCOc1ccc(-n2c(C)nnc2S[C@H](C[N+](=O)[O-])c2ccc(OCc3ccc(F)cc3)cc2)cc1. The monoisotopic (exact) mass is 508 g/mol. The first kappa shape index (κ1) is 25.2. The Hall–Kier alpha value is -3.92. The first-order valence-electron chi connectivity index (χ1n) is 11.3. The van der Waals surface area contributed by atoms with Crippen LogP contribution >= 0.6 is 11.8 Å². The molecule has 0 spiro atoms. The molecule has 1 heterocycles. The molecule has 36 heavy (non-hydrogen) atoms. The minimum absolute atomic E-state index is 0.282. The van der Waals surface area contributed by atoms with Gasteiger partial charge in [0, 0.05) is 10.6 Å². The van der Waals surface area contributed by atoms with Crippen molar-refractivity contribution in [3.8, 4) is 17.2 Å². The van der Waals surface area contributed by atoms with E-state index < -0.39 is 5.25 Å². The van der Waals surface area contributed by atoms with E-state index in [0.29, 0.717) is 23.3 Å². The van der Waals surface area contributed by atoms with E-state index in [1.165, 1.54) is 23.9 Å². The molecular formula is C26H25FN4O4S. The lowest BCUT2D eigenvalue weighted by atomic mass is 10.1. The number of nitro groups is 1. The molecule has 0 radical (unpaired) electrons. The number of benzene rings is 3. The maximum absolute atomic E-state index is 13.1. The number of rotatable bonds is 11. The molecule has 0 aliphatic heterocycles. The van der Waals surface area contributed by atoms with Gasteiger partial charge in [-0.05, 0) is 73.5 Å². The van der Waals surface area contributed by atoms with Crippen LogP contribution in [0.25, 0.3) is 5.69 Å². The molecule has 4 aromatic rings. The molecule has 186 valence electrons. The fraction of sp³-hybridized carbons (Fsp3) is 0.231. The third-order valence-corrected chi connectivity index (χ3v) is 6.52. The molecule has 0 saturated heterocycles. The Balaban J connectivity index is 1.51. The molecule has 0 aliphatic rings. The van der Waals surface area contributed by atoms with Crippen molar-refractivity contribution in [2.24, 2.45) is 0 Å². The largest absolute Gasteiger partial charge is 0.494 e. The Morgan fingerprint density at radius 1 is 0.972 bits per heavy atom. The standard InChI is InChI=1S/C26H25FN4O4S/c1-3-34-23-14-10-22(11-15-23)31-18(2)28-29-26(31)36-25(16-30(32)33)20-6-12-24(13-7-20)35-17-19-4-8-21(27)9-5-19/h4-15,25H,3,16-17H2,1-2H3/t25-/m1/s1. The zero-order valence-corrected chi connectivity index (χ0v) is 20.7. The number of aromatic nitrogens is 3. The highest BCUT2D eigenvalue weighted by atomic mass is 32.2. The smallest absolute Gasteiger partial charge is 0.220 e. The molecule has 1 atom stereocenters. The number of hydrogen-bond donors (Lipinski definition) is 0. The van der Waals surface area contributed by atoms with Crippen LogP contribution in [0.4, 0.5) is 4.39 Å². The minimum Gasteiger partial charge on any atom is -0.494 e. The zero-order valence-electron chi connectivity index (χ0n) is 19.8. The normalized spacial score (nSPS) is 11.8. The molecule has 0 N–H and O–H groups in total. The Labute approximate surface area is 212 Å². The van der Waals surface area contributed by atoms with Crippen LogP contribution < -0.4 is 9.47 Å². The Morgan fingerprint density at radius 2 is 1.61 bits per heavy atom. The fourth-order valence-electron chi connectivity index (χ4n) is 3.57. The van der Waals surface area contributed by atoms with Crippen LogP contribution in [0.15, 0.2) is 78.0 Å². The van der Waals surface area contributed by atoms with Crippen LogP contribution in [-0.4, -0.2) is 32.8 Å². The van der Waals surface area contributed by atoms with Crippen molar-refractivity contribution in [1.82, 2.24) is 14.8 Å². The summed E-state index contributed by atoms with van der Waals surface area (Å²) in [5.74, 6) is 1.74. The highest BCUT2D eigenvalue weighted by Gasteiger charge is 2.24. The molecule has 0 fully saturated rings. The summed E-state index contributed by atoms with van der Waals surface area (Å²) in [7, 11) is 0. The lowest BCUT2D eigenvalue weighted by molar-refractivity contribution is -0.479. The summed E-state index contributed by atoms with van der Waals surface area (Å²) in [6.07, 6.45) is 0. The van der Waals surface area contributed by atoms with E-state index in [9.17, 15) is 14.5 Å². The van der Waals surface area contributed by atoms with Crippen molar-refractivity contribution in [2.45, 2.75) is 30.9 Å². The topological polar surface area (TPSA) is 92.3 Å². The predicted molar refractivity (Wildman–Crippen MR) is 135 cm³/mol. The highest BCUT2D eigenvalue weighted by molar-refractivity contribution is 7.99. The number of hydrogen-bond acceptors (Lipinski definition) is 7. The first-order chi connectivity index (χ1) is 17.4. The summed E-state index contributed by atoms with van der Waals surface area (Å²) in [4.78, 5) is 11.1. The second-order valence-corrected chi connectivity index (χ2v) is 9.07. The molecule has 1 aromatic heterocycles. The van der Waals surface area contributed by atoms with Crippen molar-refractivity contribution < 1.29 is 18.8 Å². The van der Waals surface area contributed by atoms with Crippen molar-refractivity contribution in [3.63, 3.8) is 0 Å². The molecule has 0 bridgehead atoms. The number of ether oxygens (including phenoxy) is 2. The first-order valence-corrected chi connectivity index (χ1v) is 12.2. The van der Waals surface area contributed by atoms with Crippen molar-refractivity contribution >= 4 is 11.8 Å². The van der Waals surface area contributed by atoms with E-state index in [-0.39, 0.29) is 23.9 Å². The van der Waals surface area contributed by atoms with Gasteiger partial charge in [-0.3, -0.25) is 14.7 Å². The molecule has 0 aliphatic carbocycles. The summed E-state index contributed by atoms with van der Waals surface area (Å²) < 4.78 is 26.2. The van der Waals surface area contributed by atoms with Gasteiger partial charge in [0.15, 0.2) is 5.16 Å². The van der Waals surface area contributed by atoms with Gasteiger partial charge in [0.1, 0.15) is 35.0 Å². The van der Waals surface area contributed by atoms with Gasteiger partial charge in [0.2, 0.25) is 6.54 Å². The molecule has 0 amide bonds. The van der Waals surface area contributed by atoms with Gasteiger partial charge in [-0.25, -0.2) is 4.39 Å². The molecule has 0 saturated carbocycles. The second kappa shape index (κ2) is 11.7. The summed E-state index contributed by atoms with van der Waals surface area (Å²) in [5.41, 5.74) is 2.45. The Bertz CT molecular complexity index is 1300. The summed E-state index contributed by atoms with van der Waals surface area (Å²) in [5, 5.41) is 20.0. The average Bonchev–Trinajstić information content (AvgIpc) is 3.24. The lowest BCUT2D eigenvalue weighted by Gasteiger charge is -2.15. The number of thioether (sulfide) groups is 1. The zero-order chi connectivity index (χ0) is 25.5. The molecule has 3 aromatic carbocycles. The maximum Gasteiger partial charge on any atom is 0.220 e. The van der Waals surface area contributed by atoms with E-state index in [2.05, 4.69) is 10.2 Å². The summed E-state index contributed by atoms with van der Waals surface area (Å²) >= 11 is 1.28.